The van der Waals surface area contributed by atoms with Crippen molar-refractivity contribution in [3.63, 3.8) is 0 Å². The molecule has 1 aliphatic heterocycles. The van der Waals surface area contributed by atoms with Crippen LogP contribution in [-0.4, -0.2) is 34.9 Å². The minimum atomic E-state index is -0.795. The summed E-state index contributed by atoms with van der Waals surface area (Å²) in [6, 6.07) is 4.96. The molecule has 122 valence electrons. The Balaban J connectivity index is 1.68. The lowest BCUT2D eigenvalue weighted by molar-refractivity contribution is -0.141. The summed E-state index contributed by atoms with van der Waals surface area (Å²) in [6.45, 7) is 3.43. The maximum absolute atomic E-state index is 12.5. The molecule has 1 saturated carbocycles. The zero-order valence-corrected chi connectivity index (χ0v) is 13.3. The van der Waals surface area contributed by atoms with Crippen LogP contribution in [0.5, 0.6) is 5.75 Å². The molecule has 23 heavy (non-hydrogen) atoms. The van der Waals surface area contributed by atoms with Crippen LogP contribution in [0.2, 0.25) is 0 Å². The SMILES string of the molecule is Cc1ccc(OC(=O)CN2C(=O)NC3(CCCC3)C2=O)c(C)c1. The van der Waals surface area contributed by atoms with E-state index in [2.05, 4.69) is 5.32 Å². The molecular weight excluding hydrogens is 296 g/mol. The van der Waals surface area contributed by atoms with Crippen molar-refractivity contribution < 1.29 is 19.1 Å². The van der Waals surface area contributed by atoms with Crippen molar-refractivity contribution in [3.8, 4) is 5.75 Å². The van der Waals surface area contributed by atoms with E-state index in [1.54, 1.807) is 6.07 Å². The average molecular weight is 316 g/mol. The smallest absolute Gasteiger partial charge is 0.331 e. The van der Waals surface area contributed by atoms with Gasteiger partial charge in [-0.15, -0.1) is 0 Å². The maximum Gasteiger partial charge on any atom is 0.331 e. The lowest BCUT2D eigenvalue weighted by atomic mass is 9.98. The molecule has 3 amide bonds. The van der Waals surface area contributed by atoms with Gasteiger partial charge < -0.3 is 10.1 Å². The third-order valence-corrected chi connectivity index (χ3v) is 4.54. The van der Waals surface area contributed by atoms with Crippen molar-refractivity contribution in [2.24, 2.45) is 0 Å². The first kappa shape index (κ1) is 15.5. The Morgan fingerprint density at radius 2 is 1.96 bits per heavy atom. The van der Waals surface area contributed by atoms with Gasteiger partial charge in [0.2, 0.25) is 0 Å². The molecule has 2 aliphatic rings. The number of carbonyl (C=O) groups is 3. The summed E-state index contributed by atoms with van der Waals surface area (Å²) >= 11 is 0. The molecule has 1 saturated heterocycles. The number of hydrogen-bond donors (Lipinski definition) is 1. The lowest BCUT2D eigenvalue weighted by Gasteiger charge is -2.19. The molecule has 3 rings (SSSR count). The minimum absolute atomic E-state index is 0.308. The van der Waals surface area contributed by atoms with Crippen molar-refractivity contribution in [2.75, 3.05) is 6.54 Å². The molecule has 6 nitrogen and oxygen atoms in total. The van der Waals surface area contributed by atoms with Gasteiger partial charge in [-0.05, 0) is 38.3 Å². The molecule has 2 fully saturated rings. The Hall–Kier alpha value is -2.37. The van der Waals surface area contributed by atoms with Crippen LogP contribution in [0.3, 0.4) is 0 Å². The number of esters is 1. The van der Waals surface area contributed by atoms with Crippen LogP contribution in [-0.2, 0) is 9.59 Å². The molecule has 0 radical (unpaired) electrons. The Morgan fingerprint density at radius 1 is 1.26 bits per heavy atom. The van der Waals surface area contributed by atoms with Crippen LogP contribution < -0.4 is 10.1 Å². The first-order chi connectivity index (χ1) is 10.9. The molecule has 6 heteroatoms. The van der Waals surface area contributed by atoms with Gasteiger partial charge in [0, 0.05) is 0 Å². The number of ether oxygens (including phenoxy) is 1. The van der Waals surface area contributed by atoms with Gasteiger partial charge >= 0.3 is 12.0 Å². The fourth-order valence-electron chi connectivity index (χ4n) is 3.34. The highest BCUT2D eigenvalue weighted by molar-refractivity contribution is 6.08. The summed E-state index contributed by atoms with van der Waals surface area (Å²) in [5, 5.41) is 2.75. The summed E-state index contributed by atoms with van der Waals surface area (Å²) in [5.41, 5.74) is 1.11. The highest BCUT2D eigenvalue weighted by Gasteiger charge is 2.52. The lowest BCUT2D eigenvalue weighted by Crippen LogP contribution is -2.44. The monoisotopic (exact) mass is 316 g/mol. The van der Waals surface area contributed by atoms with Crippen molar-refractivity contribution in [3.05, 3.63) is 29.3 Å². The maximum atomic E-state index is 12.5. The van der Waals surface area contributed by atoms with Crippen LogP contribution in [0, 0.1) is 13.8 Å². The quantitative estimate of drug-likeness (QED) is 0.526. The number of nitrogens with one attached hydrogen (secondary N) is 1. The fourth-order valence-corrected chi connectivity index (χ4v) is 3.34. The Morgan fingerprint density at radius 3 is 2.61 bits per heavy atom. The van der Waals surface area contributed by atoms with Crippen molar-refractivity contribution in [1.82, 2.24) is 10.2 Å². The third kappa shape index (κ3) is 2.81. The van der Waals surface area contributed by atoms with Crippen LogP contribution in [0.15, 0.2) is 18.2 Å². The molecule has 1 aromatic carbocycles. The number of urea groups is 1. The number of amides is 3. The first-order valence-corrected chi connectivity index (χ1v) is 7.83. The molecule has 0 aromatic heterocycles. The van der Waals surface area contributed by atoms with E-state index in [4.69, 9.17) is 4.74 Å². The number of hydrogen-bond acceptors (Lipinski definition) is 4. The second-order valence-electron chi connectivity index (χ2n) is 6.35. The predicted octanol–water partition coefficient (Wildman–Crippen LogP) is 2.07. The number of rotatable bonds is 3. The summed E-state index contributed by atoms with van der Waals surface area (Å²) in [4.78, 5) is 37.6. The Kier molecular flexibility index (Phi) is 3.83. The Bertz CT molecular complexity index is 677. The summed E-state index contributed by atoms with van der Waals surface area (Å²) in [5.74, 6) is -0.476. The Labute approximate surface area is 134 Å². The number of benzene rings is 1. The van der Waals surface area contributed by atoms with E-state index in [1.165, 1.54) is 0 Å². The third-order valence-electron chi connectivity index (χ3n) is 4.54. The highest BCUT2D eigenvalue weighted by atomic mass is 16.5. The van der Waals surface area contributed by atoms with Gasteiger partial charge in [0.05, 0.1) is 0 Å². The van der Waals surface area contributed by atoms with Crippen LogP contribution in [0.4, 0.5) is 4.79 Å². The van der Waals surface area contributed by atoms with E-state index < -0.39 is 17.5 Å². The zero-order chi connectivity index (χ0) is 16.6. The van der Waals surface area contributed by atoms with Gasteiger partial charge in [0.1, 0.15) is 17.8 Å². The first-order valence-electron chi connectivity index (χ1n) is 7.83. The number of imide groups is 1. The highest BCUT2D eigenvalue weighted by Crippen LogP contribution is 2.35. The van der Waals surface area contributed by atoms with E-state index in [0.29, 0.717) is 18.6 Å². The number of nitrogens with zero attached hydrogens (tertiary/aromatic N) is 1. The second-order valence-corrected chi connectivity index (χ2v) is 6.35. The molecular formula is C17H20N2O4. The van der Waals surface area contributed by atoms with Gasteiger partial charge in [-0.1, -0.05) is 30.5 Å². The largest absolute Gasteiger partial charge is 0.425 e. The normalized spacial score (nSPS) is 19.3. The van der Waals surface area contributed by atoms with Crippen molar-refractivity contribution in [2.45, 2.75) is 45.1 Å². The van der Waals surface area contributed by atoms with Crippen LogP contribution in [0.1, 0.15) is 36.8 Å². The molecule has 1 aliphatic carbocycles. The van der Waals surface area contributed by atoms with Gasteiger partial charge in [-0.25, -0.2) is 9.59 Å². The molecule has 1 aromatic rings. The van der Waals surface area contributed by atoms with E-state index >= 15 is 0 Å². The van der Waals surface area contributed by atoms with Gasteiger partial charge in [-0.3, -0.25) is 9.69 Å². The minimum Gasteiger partial charge on any atom is -0.425 e. The van der Waals surface area contributed by atoms with Crippen molar-refractivity contribution >= 4 is 17.9 Å². The fraction of sp³-hybridized carbons (Fsp3) is 0.471. The van der Waals surface area contributed by atoms with Gasteiger partial charge in [0.25, 0.3) is 5.91 Å². The topological polar surface area (TPSA) is 75.7 Å². The summed E-state index contributed by atoms with van der Waals surface area (Å²) < 4.78 is 5.30. The molecule has 1 heterocycles. The van der Waals surface area contributed by atoms with E-state index in [9.17, 15) is 14.4 Å². The van der Waals surface area contributed by atoms with E-state index in [1.807, 2.05) is 26.0 Å². The molecule has 0 atom stereocenters. The van der Waals surface area contributed by atoms with E-state index in [0.717, 1.165) is 28.9 Å². The zero-order valence-electron chi connectivity index (χ0n) is 13.3. The van der Waals surface area contributed by atoms with E-state index in [-0.39, 0.29) is 12.5 Å². The van der Waals surface area contributed by atoms with Gasteiger partial charge in [-0.2, -0.15) is 0 Å². The standard InChI is InChI=1S/C17H20N2O4/c1-11-5-6-13(12(2)9-11)23-14(20)10-19-15(21)17(18-16(19)22)7-3-4-8-17/h5-6,9H,3-4,7-8,10H2,1-2H3,(H,18,22). The molecule has 0 bridgehead atoms. The van der Waals surface area contributed by atoms with Crippen LogP contribution in [0.25, 0.3) is 0 Å². The second kappa shape index (κ2) is 5.68. The van der Waals surface area contributed by atoms with Gasteiger partial charge in [0.15, 0.2) is 0 Å². The molecule has 1 spiro atoms. The molecule has 0 unspecified atom stereocenters. The molecule has 1 N–H and O–H groups in total. The number of carbonyl (C=O) groups excluding carboxylic acids is 3. The van der Waals surface area contributed by atoms with Crippen LogP contribution >= 0.6 is 0 Å². The van der Waals surface area contributed by atoms with Crippen molar-refractivity contribution in [1.29, 1.82) is 0 Å². The average Bonchev–Trinajstić information content (AvgIpc) is 3.04. The predicted molar refractivity (Wildman–Crippen MR) is 83.0 cm³/mol. The summed E-state index contributed by atoms with van der Waals surface area (Å²) in [6.07, 6.45) is 3.10. The summed E-state index contributed by atoms with van der Waals surface area (Å²) in [7, 11) is 0. The number of aryl methyl sites for hydroxylation is 2.